The van der Waals surface area contributed by atoms with Crippen LogP contribution in [0.3, 0.4) is 0 Å². The number of amides is 1. The van der Waals surface area contributed by atoms with Crippen molar-refractivity contribution in [3.05, 3.63) is 29.8 Å². The summed E-state index contributed by atoms with van der Waals surface area (Å²) in [5.41, 5.74) is 1.91. The molecular formula is C15H21NO3. The molecule has 4 heteroatoms. The molecule has 0 unspecified atom stereocenters. The van der Waals surface area contributed by atoms with Gasteiger partial charge in [0.2, 0.25) is 5.91 Å². The number of aryl methyl sites for hydroxylation is 1. The van der Waals surface area contributed by atoms with Crippen molar-refractivity contribution < 1.29 is 14.6 Å². The third-order valence-electron chi connectivity index (χ3n) is 3.40. The Balaban J connectivity index is 1.73. The van der Waals surface area contributed by atoms with E-state index in [9.17, 15) is 9.90 Å². The summed E-state index contributed by atoms with van der Waals surface area (Å²) in [5, 5.41) is 12.2. The van der Waals surface area contributed by atoms with Crippen molar-refractivity contribution in [2.24, 2.45) is 0 Å². The molecule has 0 heterocycles. The van der Waals surface area contributed by atoms with Crippen molar-refractivity contribution in [2.75, 3.05) is 11.9 Å². The lowest BCUT2D eigenvalue weighted by Crippen LogP contribution is -2.28. The highest BCUT2D eigenvalue weighted by molar-refractivity contribution is 5.91. The molecular weight excluding hydrogens is 242 g/mol. The van der Waals surface area contributed by atoms with Crippen LogP contribution in [0, 0.1) is 6.92 Å². The largest absolute Gasteiger partial charge is 0.393 e. The van der Waals surface area contributed by atoms with Crippen molar-refractivity contribution >= 4 is 11.6 Å². The number of nitrogens with one attached hydrogen (secondary N) is 1. The van der Waals surface area contributed by atoms with Crippen LogP contribution in [-0.4, -0.2) is 29.8 Å². The summed E-state index contributed by atoms with van der Waals surface area (Å²) in [6.45, 7) is 2.06. The van der Waals surface area contributed by atoms with E-state index in [1.807, 2.05) is 31.2 Å². The number of ether oxygens (including phenoxy) is 1. The number of aliphatic hydroxyl groups is 1. The van der Waals surface area contributed by atoms with E-state index in [0.29, 0.717) is 0 Å². The minimum atomic E-state index is -0.194. The van der Waals surface area contributed by atoms with Gasteiger partial charge in [-0.2, -0.15) is 0 Å². The topological polar surface area (TPSA) is 58.6 Å². The molecule has 0 spiro atoms. The Kier molecular flexibility index (Phi) is 4.93. The fourth-order valence-corrected chi connectivity index (χ4v) is 2.33. The highest BCUT2D eigenvalue weighted by Gasteiger charge is 2.20. The fourth-order valence-electron chi connectivity index (χ4n) is 2.33. The molecule has 19 heavy (non-hydrogen) atoms. The number of carbonyl (C=O) groups is 1. The number of rotatable bonds is 4. The van der Waals surface area contributed by atoms with Crippen LogP contribution >= 0.6 is 0 Å². The molecule has 0 bridgehead atoms. The van der Waals surface area contributed by atoms with E-state index < -0.39 is 0 Å². The van der Waals surface area contributed by atoms with Gasteiger partial charge in [0.05, 0.1) is 12.2 Å². The van der Waals surface area contributed by atoms with Crippen LogP contribution in [0.4, 0.5) is 5.69 Å². The number of anilines is 1. The summed E-state index contributed by atoms with van der Waals surface area (Å²) in [5.74, 6) is -0.128. The van der Waals surface area contributed by atoms with Crippen LogP contribution in [-0.2, 0) is 9.53 Å². The SMILES string of the molecule is Cc1cccc(NC(=O)COC2CCC(O)CC2)c1. The van der Waals surface area contributed by atoms with Gasteiger partial charge in [-0.1, -0.05) is 12.1 Å². The fraction of sp³-hybridized carbons (Fsp3) is 0.533. The van der Waals surface area contributed by atoms with Gasteiger partial charge in [0.1, 0.15) is 6.61 Å². The molecule has 1 aromatic carbocycles. The van der Waals surface area contributed by atoms with Gasteiger partial charge in [-0.05, 0) is 50.3 Å². The summed E-state index contributed by atoms with van der Waals surface area (Å²) in [7, 11) is 0. The van der Waals surface area contributed by atoms with E-state index in [2.05, 4.69) is 5.32 Å². The van der Waals surface area contributed by atoms with Crippen molar-refractivity contribution in [3.8, 4) is 0 Å². The van der Waals surface area contributed by atoms with Crippen LogP contribution in [0.2, 0.25) is 0 Å². The Hall–Kier alpha value is -1.39. The van der Waals surface area contributed by atoms with E-state index in [1.54, 1.807) is 0 Å². The maximum absolute atomic E-state index is 11.7. The number of carbonyl (C=O) groups excluding carboxylic acids is 1. The van der Waals surface area contributed by atoms with Crippen molar-refractivity contribution in [2.45, 2.75) is 44.8 Å². The van der Waals surface area contributed by atoms with Gasteiger partial charge in [0.25, 0.3) is 0 Å². The molecule has 0 radical (unpaired) electrons. The van der Waals surface area contributed by atoms with E-state index in [4.69, 9.17) is 4.74 Å². The summed E-state index contributed by atoms with van der Waals surface area (Å²) in [6.07, 6.45) is 3.11. The predicted octanol–water partition coefficient (Wildman–Crippen LogP) is 2.25. The quantitative estimate of drug-likeness (QED) is 0.876. The van der Waals surface area contributed by atoms with Crippen molar-refractivity contribution in [3.63, 3.8) is 0 Å². The maximum atomic E-state index is 11.7. The Bertz CT molecular complexity index is 425. The van der Waals surface area contributed by atoms with Gasteiger partial charge in [-0.25, -0.2) is 0 Å². The summed E-state index contributed by atoms with van der Waals surface area (Å²) in [4.78, 5) is 11.7. The Morgan fingerprint density at radius 1 is 1.37 bits per heavy atom. The van der Waals surface area contributed by atoms with Crippen LogP contribution in [0.5, 0.6) is 0 Å². The van der Waals surface area contributed by atoms with Crippen LogP contribution in [0.1, 0.15) is 31.2 Å². The Morgan fingerprint density at radius 2 is 2.11 bits per heavy atom. The van der Waals surface area contributed by atoms with Gasteiger partial charge in [0, 0.05) is 5.69 Å². The normalized spacial score (nSPS) is 23.1. The van der Waals surface area contributed by atoms with E-state index in [-0.39, 0.29) is 24.7 Å². The molecule has 1 saturated carbocycles. The smallest absolute Gasteiger partial charge is 0.250 e. The molecule has 1 fully saturated rings. The van der Waals surface area contributed by atoms with Gasteiger partial charge >= 0.3 is 0 Å². The molecule has 1 aliphatic rings. The van der Waals surface area contributed by atoms with Crippen molar-refractivity contribution in [1.29, 1.82) is 0 Å². The third-order valence-corrected chi connectivity index (χ3v) is 3.40. The van der Waals surface area contributed by atoms with Gasteiger partial charge in [-0.15, -0.1) is 0 Å². The number of hydrogen-bond acceptors (Lipinski definition) is 3. The molecule has 104 valence electrons. The van der Waals surface area contributed by atoms with E-state index in [1.165, 1.54) is 0 Å². The lowest BCUT2D eigenvalue weighted by Gasteiger charge is -2.25. The molecule has 0 aromatic heterocycles. The van der Waals surface area contributed by atoms with Gasteiger partial charge in [0.15, 0.2) is 0 Å². The first-order valence-electron chi connectivity index (χ1n) is 6.79. The molecule has 0 aliphatic heterocycles. The lowest BCUT2D eigenvalue weighted by molar-refractivity contribution is -0.123. The molecule has 4 nitrogen and oxygen atoms in total. The first-order chi connectivity index (χ1) is 9.13. The average molecular weight is 263 g/mol. The Morgan fingerprint density at radius 3 is 2.79 bits per heavy atom. The second-order valence-corrected chi connectivity index (χ2v) is 5.16. The maximum Gasteiger partial charge on any atom is 0.250 e. The summed E-state index contributed by atoms with van der Waals surface area (Å²) >= 11 is 0. The second kappa shape index (κ2) is 6.68. The standard InChI is InChI=1S/C15H21NO3/c1-11-3-2-4-12(9-11)16-15(18)10-19-14-7-5-13(17)6-8-14/h2-4,9,13-14,17H,5-8,10H2,1H3,(H,16,18). The average Bonchev–Trinajstić information content (AvgIpc) is 2.38. The lowest BCUT2D eigenvalue weighted by atomic mass is 9.95. The molecule has 1 amide bonds. The second-order valence-electron chi connectivity index (χ2n) is 5.16. The van der Waals surface area contributed by atoms with Gasteiger partial charge < -0.3 is 15.2 Å². The molecule has 1 aliphatic carbocycles. The zero-order valence-electron chi connectivity index (χ0n) is 11.3. The van der Waals surface area contributed by atoms with Crippen LogP contribution < -0.4 is 5.32 Å². The molecule has 2 rings (SSSR count). The number of benzene rings is 1. The highest BCUT2D eigenvalue weighted by atomic mass is 16.5. The van der Waals surface area contributed by atoms with E-state index >= 15 is 0 Å². The summed E-state index contributed by atoms with van der Waals surface area (Å²) < 4.78 is 5.57. The zero-order chi connectivity index (χ0) is 13.7. The summed E-state index contributed by atoms with van der Waals surface area (Å²) in [6, 6.07) is 7.69. The monoisotopic (exact) mass is 263 g/mol. The first-order valence-corrected chi connectivity index (χ1v) is 6.79. The first kappa shape index (κ1) is 14.0. The minimum absolute atomic E-state index is 0.0781. The zero-order valence-corrected chi connectivity index (χ0v) is 11.3. The molecule has 0 atom stereocenters. The van der Waals surface area contributed by atoms with E-state index in [0.717, 1.165) is 36.9 Å². The predicted molar refractivity (Wildman–Crippen MR) is 74.0 cm³/mol. The third kappa shape index (κ3) is 4.65. The Labute approximate surface area is 113 Å². The number of hydrogen-bond donors (Lipinski definition) is 2. The molecule has 2 N–H and O–H groups in total. The minimum Gasteiger partial charge on any atom is -0.393 e. The van der Waals surface area contributed by atoms with Crippen LogP contribution in [0.25, 0.3) is 0 Å². The number of aliphatic hydroxyl groups excluding tert-OH is 1. The van der Waals surface area contributed by atoms with Crippen molar-refractivity contribution in [1.82, 2.24) is 0 Å². The molecule has 0 saturated heterocycles. The molecule has 1 aromatic rings. The highest BCUT2D eigenvalue weighted by Crippen LogP contribution is 2.20. The van der Waals surface area contributed by atoms with Crippen LogP contribution in [0.15, 0.2) is 24.3 Å². The van der Waals surface area contributed by atoms with Gasteiger partial charge in [-0.3, -0.25) is 4.79 Å².